The highest BCUT2D eigenvalue weighted by atomic mass is 16.5. The average molecular weight is 322 g/mol. The van der Waals surface area contributed by atoms with Crippen molar-refractivity contribution in [1.29, 1.82) is 0 Å². The summed E-state index contributed by atoms with van der Waals surface area (Å²) in [4.78, 5) is 26.4. The molecule has 0 bridgehead atoms. The van der Waals surface area contributed by atoms with Gasteiger partial charge in [-0.15, -0.1) is 0 Å². The van der Waals surface area contributed by atoms with Gasteiger partial charge in [-0.05, 0) is 45.3 Å². The van der Waals surface area contributed by atoms with Gasteiger partial charge in [-0.3, -0.25) is 9.59 Å². The number of rotatable bonds is 10. The number of carbonyl (C=O) groups excluding carboxylic acids is 2. The summed E-state index contributed by atoms with van der Waals surface area (Å²) < 4.78 is 10.1. The predicted molar refractivity (Wildman–Crippen MR) is 88.9 cm³/mol. The number of esters is 1. The van der Waals surface area contributed by atoms with Crippen LogP contribution in [0.3, 0.4) is 0 Å². The van der Waals surface area contributed by atoms with E-state index in [-0.39, 0.29) is 18.2 Å². The minimum Gasteiger partial charge on any atom is -0.497 e. The van der Waals surface area contributed by atoms with Gasteiger partial charge >= 0.3 is 5.97 Å². The molecule has 23 heavy (non-hydrogen) atoms. The minimum absolute atomic E-state index is 0.0200. The monoisotopic (exact) mass is 322 g/mol. The molecular formula is C17H26N2O4. The molecule has 1 aromatic carbocycles. The molecule has 0 saturated heterocycles. The lowest BCUT2D eigenvalue weighted by atomic mass is 10.0. The van der Waals surface area contributed by atoms with Crippen molar-refractivity contribution < 1.29 is 19.1 Å². The van der Waals surface area contributed by atoms with Gasteiger partial charge in [-0.1, -0.05) is 0 Å². The van der Waals surface area contributed by atoms with Crippen LogP contribution < -0.4 is 10.1 Å². The Balaban J connectivity index is 2.78. The van der Waals surface area contributed by atoms with Crippen molar-refractivity contribution >= 4 is 11.8 Å². The lowest BCUT2D eigenvalue weighted by Crippen LogP contribution is -2.42. The molecule has 0 heterocycles. The van der Waals surface area contributed by atoms with Crippen molar-refractivity contribution in [3.05, 3.63) is 29.8 Å². The summed E-state index contributed by atoms with van der Waals surface area (Å²) in [6.45, 7) is 3.44. The summed E-state index contributed by atoms with van der Waals surface area (Å²) in [5.41, 5.74) is 0.539. The van der Waals surface area contributed by atoms with Crippen LogP contribution in [0.5, 0.6) is 5.75 Å². The van der Waals surface area contributed by atoms with Gasteiger partial charge in [0.25, 0.3) is 0 Å². The van der Waals surface area contributed by atoms with Gasteiger partial charge in [0, 0.05) is 18.7 Å². The maximum Gasteiger partial charge on any atom is 0.307 e. The molecular weight excluding hydrogens is 296 g/mol. The van der Waals surface area contributed by atoms with Crippen LogP contribution in [0.2, 0.25) is 0 Å². The first-order valence-corrected chi connectivity index (χ1v) is 7.70. The molecule has 0 radical (unpaired) electrons. The summed E-state index contributed by atoms with van der Waals surface area (Å²) in [5.74, 6) is 0.181. The Bertz CT molecular complexity index is 500. The molecule has 0 aromatic heterocycles. The van der Waals surface area contributed by atoms with E-state index in [2.05, 4.69) is 5.32 Å². The van der Waals surface area contributed by atoms with Crippen molar-refractivity contribution in [3.63, 3.8) is 0 Å². The smallest absolute Gasteiger partial charge is 0.307 e. The number of Topliss-reactive ketones (excluding diaryl/α,β-unsaturated/α-hetero) is 1. The number of ether oxygens (including phenoxy) is 2. The van der Waals surface area contributed by atoms with E-state index in [0.717, 1.165) is 6.54 Å². The van der Waals surface area contributed by atoms with Crippen LogP contribution in [-0.4, -0.2) is 63.6 Å². The quantitative estimate of drug-likeness (QED) is 0.518. The van der Waals surface area contributed by atoms with Gasteiger partial charge in [0.2, 0.25) is 0 Å². The van der Waals surface area contributed by atoms with E-state index >= 15 is 0 Å². The van der Waals surface area contributed by atoms with Crippen LogP contribution >= 0.6 is 0 Å². The third-order valence-electron chi connectivity index (χ3n) is 3.32. The summed E-state index contributed by atoms with van der Waals surface area (Å²) in [6, 6.07) is 6.27. The zero-order chi connectivity index (χ0) is 17.2. The summed E-state index contributed by atoms with van der Waals surface area (Å²) in [6.07, 6.45) is 0.0200. The molecule has 0 aliphatic rings. The fourth-order valence-corrected chi connectivity index (χ4v) is 2.06. The second-order valence-corrected chi connectivity index (χ2v) is 5.41. The fourth-order valence-electron chi connectivity index (χ4n) is 2.06. The number of hydrogen-bond donors (Lipinski definition) is 1. The Kier molecular flexibility index (Phi) is 8.29. The lowest BCUT2D eigenvalue weighted by Gasteiger charge is -2.18. The second kappa shape index (κ2) is 9.97. The molecule has 0 fully saturated rings. The third-order valence-corrected chi connectivity index (χ3v) is 3.32. The number of carbonyl (C=O) groups is 2. The maximum absolute atomic E-state index is 12.6. The van der Waals surface area contributed by atoms with Crippen molar-refractivity contribution in [2.75, 3.05) is 40.9 Å². The highest BCUT2D eigenvalue weighted by Crippen LogP contribution is 2.14. The molecule has 6 heteroatoms. The van der Waals surface area contributed by atoms with E-state index in [0.29, 0.717) is 24.5 Å². The molecule has 0 amide bonds. The van der Waals surface area contributed by atoms with E-state index in [1.54, 1.807) is 38.3 Å². The zero-order valence-corrected chi connectivity index (χ0v) is 14.3. The number of hydrogen-bond acceptors (Lipinski definition) is 6. The lowest BCUT2D eigenvalue weighted by molar-refractivity contribution is -0.143. The minimum atomic E-state index is -0.595. The van der Waals surface area contributed by atoms with E-state index in [1.807, 2.05) is 19.0 Å². The largest absolute Gasteiger partial charge is 0.497 e. The molecule has 0 aliphatic carbocycles. The van der Waals surface area contributed by atoms with Gasteiger partial charge in [-0.2, -0.15) is 0 Å². The third kappa shape index (κ3) is 6.80. The number of nitrogens with one attached hydrogen (secondary N) is 1. The zero-order valence-electron chi connectivity index (χ0n) is 14.3. The molecule has 128 valence electrons. The highest BCUT2D eigenvalue weighted by molar-refractivity contribution is 6.01. The molecule has 0 aliphatic heterocycles. The number of nitrogens with zero attached hydrogens (tertiary/aromatic N) is 1. The van der Waals surface area contributed by atoms with Gasteiger partial charge in [0.05, 0.1) is 26.2 Å². The van der Waals surface area contributed by atoms with Gasteiger partial charge in [0.15, 0.2) is 5.78 Å². The van der Waals surface area contributed by atoms with Crippen molar-refractivity contribution in [3.8, 4) is 5.75 Å². The summed E-state index contributed by atoms with van der Waals surface area (Å²) in [5, 5.41) is 3.14. The molecule has 1 aromatic rings. The number of ketones is 1. The van der Waals surface area contributed by atoms with Crippen LogP contribution in [-0.2, 0) is 9.53 Å². The van der Waals surface area contributed by atoms with Crippen LogP contribution in [0.4, 0.5) is 0 Å². The molecule has 1 rings (SSSR count). The van der Waals surface area contributed by atoms with Gasteiger partial charge in [0.1, 0.15) is 5.75 Å². The van der Waals surface area contributed by atoms with Crippen LogP contribution in [0.1, 0.15) is 23.7 Å². The summed E-state index contributed by atoms with van der Waals surface area (Å²) in [7, 11) is 5.48. The highest BCUT2D eigenvalue weighted by Gasteiger charge is 2.23. The first-order chi connectivity index (χ1) is 11.0. The van der Waals surface area contributed by atoms with E-state index in [1.165, 1.54) is 0 Å². The van der Waals surface area contributed by atoms with Crippen LogP contribution in [0, 0.1) is 0 Å². The van der Waals surface area contributed by atoms with Crippen LogP contribution in [0.25, 0.3) is 0 Å². The Morgan fingerprint density at radius 1 is 1.22 bits per heavy atom. The second-order valence-electron chi connectivity index (χ2n) is 5.41. The molecule has 6 nitrogen and oxygen atoms in total. The standard InChI is InChI=1S/C17H26N2O4/c1-5-23-16(20)12-15(18-10-11-19(2)3)17(21)13-6-8-14(22-4)9-7-13/h6-9,15,18H,5,10-12H2,1-4H3. The Morgan fingerprint density at radius 3 is 2.39 bits per heavy atom. The Hall–Kier alpha value is -1.92. The molecule has 1 atom stereocenters. The Morgan fingerprint density at radius 2 is 1.87 bits per heavy atom. The van der Waals surface area contributed by atoms with E-state index in [4.69, 9.17) is 9.47 Å². The van der Waals surface area contributed by atoms with Crippen LogP contribution in [0.15, 0.2) is 24.3 Å². The summed E-state index contributed by atoms with van der Waals surface area (Å²) >= 11 is 0. The van der Waals surface area contributed by atoms with Crippen molar-refractivity contribution in [2.24, 2.45) is 0 Å². The fraction of sp³-hybridized carbons (Fsp3) is 0.529. The SMILES string of the molecule is CCOC(=O)CC(NCCN(C)C)C(=O)c1ccc(OC)cc1. The van der Waals surface area contributed by atoms with E-state index in [9.17, 15) is 9.59 Å². The normalized spacial score (nSPS) is 12.0. The number of methoxy groups -OCH3 is 1. The Labute approximate surface area is 137 Å². The molecule has 0 spiro atoms. The first-order valence-electron chi connectivity index (χ1n) is 7.70. The van der Waals surface area contributed by atoms with E-state index < -0.39 is 6.04 Å². The maximum atomic E-state index is 12.6. The predicted octanol–water partition coefficient (Wildman–Crippen LogP) is 1.35. The number of benzene rings is 1. The van der Waals surface area contributed by atoms with Gasteiger partial charge in [-0.25, -0.2) is 0 Å². The van der Waals surface area contributed by atoms with Gasteiger partial charge < -0.3 is 19.7 Å². The molecule has 1 unspecified atom stereocenters. The van der Waals surface area contributed by atoms with Crippen molar-refractivity contribution in [1.82, 2.24) is 10.2 Å². The topological polar surface area (TPSA) is 67.9 Å². The average Bonchev–Trinajstić information content (AvgIpc) is 2.53. The molecule has 0 saturated carbocycles. The molecule has 1 N–H and O–H groups in total. The number of likely N-dealkylation sites (N-methyl/N-ethyl adjacent to an activating group) is 1. The van der Waals surface area contributed by atoms with Crippen molar-refractivity contribution in [2.45, 2.75) is 19.4 Å². The first kappa shape index (κ1) is 19.1.